The Morgan fingerprint density at radius 3 is 2.70 bits per heavy atom. The van der Waals surface area contributed by atoms with Gasteiger partial charge in [0.1, 0.15) is 0 Å². The molecule has 3 aliphatic heterocycles. The van der Waals surface area contributed by atoms with Crippen LogP contribution in [0.1, 0.15) is 56.7 Å². The molecule has 1 fully saturated rings. The van der Waals surface area contributed by atoms with Gasteiger partial charge in [-0.15, -0.1) is 0 Å². The quantitative estimate of drug-likeness (QED) is 0.741. The van der Waals surface area contributed by atoms with E-state index in [-0.39, 0.29) is 23.2 Å². The van der Waals surface area contributed by atoms with Gasteiger partial charge in [-0.05, 0) is 49.8 Å². The van der Waals surface area contributed by atoms with Crippen LogP contribution in [0.4, 0.5) is 5.69 Å². The summed E-state index contributed by atoms with van der Waals surface area (Å²) in [7, 11) is 0. The Balaban J connectivity index is 2.03. The van der Waals surface area contributed by atoms with Gasteiger partial charge in [-0.1, -0.05) is 31.7 Å². The molecule has 0 N–H and O–H groups in total. The number of hydrogen-bond acceptors (Lipinski definition) is 4. The van der Waals surface area contributed by atoms with Gasteiger partial charge in [0.15, 0.2) is 0 Å². The Bertz CT molecular complexity index is 742. The number of nitrogens with zero attached hydrogens (tertiary/aromatic N) is 1. The van der Waals surface area contributed by atoms with Crippen LogP contribution in [-0.2, 0) is 25.7 Å². The van der Waals surface area contributed by atoms with Gasteiger partial charge in [0.05, 0.1) is 11.4 Å². The number of hydrogen-bond donors (Lipinski definition) is 0. The van der Waals surface area contributed by atoms with Crippen LogP contribution >= 0.6 is 11.8 Å². The van der Waals surface area contributed by atoms with Gasteiger partial charge in [-0.2, -0.15) is 0 Å². The number of carbonyl (C=O) groups is 2. The lowest BCUT2D eigenvalue weighted by atomic mass is 9.79. The lowest BCUT2D eigenvalue weighted by molar-refractivity contribution is -0.153. The Hall–Kier alpha value is -1.49. The lowest BCUT2D eigenvalue weighted by Crippen LogP contribution is -2.52. The van der Waals surface area contributed by atoms with E-state index in [1.807, 2.05) is 4.90 Å². The largest absolute Gasteiger partial charge is 0.433 e. The number of ether oxygens (including phenoxy) is 1. The molecule has 1 aromatic carbocycles. The van der Waals surface area contributed by atoms with Crippen LogP contribution in [0.3, 0.4) is 0 Å². The molecule has 5 heteroatoms. The number of carbonyl (C=O) groups excluding carboxylic acids is 2. The van der Waals surface area contributed by atoms with Gasteiger partial charge in [0.25, 0.3) is 10.8 Å². The molecule has 3 aliphatic rings. The number of thioether (sulfide) groups is 1. The van der Waals surface area contributed by atoms with Crippen molar-refractivity contribution in [2.45, 2.75) is 56.9 Å². The molecule has 4 rings (SSSR count). The maximum absolute atomic E-state index is 13.3. The van der Waals surface area contributed by atoms with Crippen molar-refractivity contribution >= 4 is 29.3 Å². The molecular formula is C18H21NO3S. The molecule has 23 heavy (non-hydrogen) atoms. The van der Waals surface area contributed by atoms with Crippen LogP contribution in [0.2, 0.25) is 0 Å². The minimum absolute atomic E-state index is 0.0882. The predicted octanol–water partition coefficient (Wildman–Crippen LogP) is 3.32. The van der Waals surface area contributed by atoms with Gasteiger partial charge in [0.2, 0.25) is 0 Å². The molecule has 1 saturated heterocycles. The summed E-state index contributed by atoms with van der Waals surface area (Å²) in [6, 6.07) is 4.29. The van der Waals surface area contributed by atoms with E-state index in [9.17, 15) is 9.59 Å². The fourth-order valence-electron chi connectivity index (χ4n) is 4.31. The van der Waals surface area contributed by atoms with Gasteiger partial charge >= 0.3 is 5.97 Å². The van der Waals surface area contributed by atoms with E-state index in [2.05, 4.69) is 39.8 Å². The first-order chi connectivity index (χ1) is 10.8. The third-order valence-corrected chi connectivity index (χ3v) is 6.53. The summed E-state index contributed by atoms with van der Waals surface area (Å²) in [5.41, 5.74) is 4.01. The van der Waals surface area contributed by atoms with Crippen molar-refractivity contribution in [2.24, 2.45) is 0 Å². The molecule has 1 amide bonds. The van der Waals surface area contributed by atoms with Crippen molar-refractivity contribution < 1.29 is 14.3 Å². The van der Waals surface area contributed by atoms with Gasteiger partial charge in [-0.25, -0.2) is 0 Å². The minimum Gasteiger partial charge on any atom is -0.433 e. The number of rotatable bonds is 1. The van der Waals surface area contributed by atoms with Crippen molar-refractivity contribution in [3.8, 4) is 0 Å². The first-order valence-electron chi connectivity index (χ1n) is 8.18. The third kappa shape index (κ3) is 1.80. The Morgan fingerprint density at radius 1 is 1.35 bits per heavy atom. The number of fused-ring (bicyclic) bond motifs is 1. The summed E-state index contributed by atoms with van der Waals surface area (Å²) in [5, 5.41) is 0. The van der Waals surface area contributed by atoms with E-state index in [1.54, 1.807) is 0 Å². The summed E-state index contributed by atoms with van der Waals surface area (Å²) in [4.78, 5) is 25.9. The standard InChI is InChI=1S/C18H21NO3S/c1-5-11-6-12-10(2)8-17(3,4)19-15(12)13(7-11)18(16(19)21)22-14(20)9-23-18/h6-7,10H,5,8-9H2,1-4H3. The molecule has 0 aromatic heterocycles. The summed E-state index contributed by atoms with van der Waals surface area (Å²) in [6.45, 7) is 8.53. The molecule has 0 radical (unpaired) electrons. The van der Waals surface area contributed by atoms with E-state index in [1.165, 1.54) is 22.9 Å². The summed E-state index contributed by atoms with van der Waals surface area (Å²) < 4.78 is 5.62. The summed E-state index contributed by atoms with van der Waals surface area (Å²) >= 11 is 1.33. The van der Waals surface area contributed by atoms with Crippen molar-refractivity contribution in [3.63, 3.8) is 0 Å². The second-order valence-corrected chi connectivity index (χ2v) is 8.52. The first kappa shape index (κ1) is 15.1. The van der Waals surface area contributed by atoms with E-state index in [4.69, 9.17) is 4.74 Å². The molecule has 2 unspecified atom stereocenters. The highest BCUT2D eigenvalue weighted by Crippen LogP contribution is 2.59. The van der Waals surface area contributed by atoms with E-state index >= 15 is 0 Å². The second kappa shape index (κ2) is 4.53. The van der Waals surface area contributed by atoms with Crippen LogP contribution in [0.25, 0.3) is 0 Å². The molecule has 0 aliphatic carbocycles. The van der Waals surface area contributed by atoms with Crippen molar-refractivity contribution in [2.75, 3.05) is 10.7 Å². The maximum Gasteiger partial charge on any atom is 0.318 e. The second-order valence-electron chi connectivity index (χ2n) is 7.37. The fraction of sp³-hybridized carbons (Fsp3) is 0.556. The average Bonchev–Trinajstić information content (AvgIpc) is 2.98. The highest BCUT2D eigenvalue weighted by atomic mass is 32.2. The maximum atomic E-state index is 13.3. The zero-order valence-electron chi connectivity index (χ0n) is 13.9. The van der Waals surface area contributed by atoms with Crippen LogP contribution in [0.5, 0.6) is 0 Å². The fourth-order valence-corrected chi connectivity index (χ4v) is 5.37. The number of anilines is 1. The van der Waals surface area contributed by atoms with Crippen LogP contribution in [0.15, 0.2) is 12.1 Å². The van der Waals surface area contributed by atoms with E-state index < -0.39 is 4.93 Å². The Kier molecular flexibility index (Phi) is 2.97. The van der Waals surface area contributed by atoms with Crippen molar-refractivity contribution in [3.05, 3.63) is 28.8 Å². The lowest BCUT2D eigenvalue weighted by Gasteiger charge is -2.43. The van der Waals surface area contributed by atoms with Crippen LogP contribution < -0.4 is 4.90 Å². The molecule has 4 nitrogen and oxygen atoms in total. The highest BCUT2D eigenvalue weighted by Gasteiger charge is 2.62. The molecule has 3 heterocycles. The topological polar surface area (TPSA) is 46.6 Å². The predicted molar refractivity (Wildman–Crippen MR) is 90.6 cm³/mol. The Morgan fingerprint density at radius 2 is 2.09 bits per heavy atom. The van der Waals surface area contributed by atoms with Gasteiger partial charge < -0.3 is 9.64 Å². The third-order valence-electron chi connectivity index (χ3n) is 5.26. The Labute approximate surface area is 140 Å². The van der Waals surface area contributed by atoms with Gasteiger partial charge in [0, 0.05) is 11.1 Å². The summed E-state index contributed by atoms with van der Waals surface area (Å²) in [6.07, 6.45) is 1.81. The number of aryl methyl sites for hydroxylation is 1. The first-order valence-corrected chi connectivity index (χ1v) is 9.16. The normalized spacial score (nSPS) is 30.8. The number of esters is 1. The van der Waals surface area contributed by atoms with E-state index in [0.717, 1.165) is 24.1 Å². The number of benzene rings is 1. The highest BCUT2D eigenvalue weighted by molar-refractivity contribution is 8.01. The van der Waals surface area contributed by atoms with Crippen LogP contribution in [-0.4, -0.2) is 23.2 Å². The molecule has 2 atom stereocenters. The van der Waals surface area contributed by atoms with Gasteiger partial charge in [-0.3, -0.25) is 9.59 Å². The zero-order chi connectivity index (χ0) is 16.6. The average molecular weight is 331 g/mol. The van der Waals surface area contributed by atoms with Crippen molar-refractivity contribution in [1.29, 1.82) is 0 Å². The molecule has 122 valence electrons. The van der Waals surface area contributed by atoms with Crippen LogP contribution in [0, 0.1) is 0 Å². The summed E-state index contributed by atoms with van der Waals surface area (Å²) in [5.74, 6) is 0.228. The minimum atomic E-state index is -1.16. The molecular weight excluding hydrogens is 310 g/mol. The monoisotopic (exact) mass is 331 g/mol. The molecule has 1 spiro atoms. The molecule has 0 bridgehead atoms. The number of amides is 1. The smallest absolute Gasteiger partial charge is 0.318 e. The zero-order valence-corrected chi connectivity index (χ0v) is 14.8. The molecule has 1 aromatic rings. The van der Waals surface area contributed by atoms with E-state index in [0.29, 0.717) is 5.92 Å². The SMILES string of the molecule is CCc1cc2c3c(c1)C1(OC(=O)CS1)C(=O)N3C(C)(C)CC2C. The van der Waals surface area contributed by atoms with Crippen molar-refractivity contribution in [1.82, 2.24) is 0 Å². The molecule has 0 saturated carbocycles.